The van der Waals surface area contributed by atoms with Crippen LogP contribution in [0.4, 0.5) is 0 Å². The van der Waals surface area contributed by atoms with Crippen molar-refractivity contribution in [3.63, 3.8) is 0 Å². The number of imidazole rings is 1. The number of nitrogens with one attached hydrogen (secondary N) is 1. The van der Waals surface area contributed by atoms with Gasteiger partial charge in [-0.1, -0.05) is 0 Å². The number of aromatic amines is 1. The lowest BCUT2D eigenvalue weighted by molar-refractivity contribution is -0.0364. The van der Waals surface area contributed by atoms with E-state index in [1.807, 2.05) is 0 Å². The monoisotopic (exact) mass is 368 g/mol. The van der Waals surface area contributed by atoms with Gasteiger partial charge < -0.3 is 19.9 Å². The largest absolute Gasteiger partial charge is 0.388 e. The van der Waals surface area contributed by atoms with E-state index < -0.39 is 31.4 Å². The highest BCUT2D eigenvalue weighted by Gasteiger charge is 2.44. The van der Waals surface area contributed by atoms with E-state index in [4.69, 9.17) is 4.74 Å². The highest BCUT2D eigenvalue weighted by Crippen LogP contribution is 2.40. The maximum atomic E-state index is 12.1. The Hall–Kier alpha value is -1.47. The van der Waals surface area contributed by atoms with Crippen LogP contribution in [0.5, 0.6) is 0 Å². The summed E-state index contributed by atoms with van der Waals surface area (Å²) in [6.07, 6.45) is 2.21. The molecule has 0 radical (unpaired) electrons. The Morgan fingerprint density at radius 1 is 1.28 bits per heavy atom. The molecule has 0 aromatic carbocycles. The predicted molar refractivity (Wildman–Crippen MR) is 98.9 cm³/mol. The zero-order valence-corrected chi connectivity index (χ0v) is 15.8. The third kappa shape index (κ3) is 3.44. The minimum absolute atomic E-state index is 0.196. The fourth-order valence-electron chi connectivity index (χ4n) is 3.16. The van der Waals surface area contributed by atoms with Crippen molar-refractivity contribution in [2.45, 2.75) is 44.8 Å². The van der Waals surface area contributed by atoms with Crippen molar-refractivity contribution < 1.29 is 14.9 Å². The first-order valence-corrected chi connectivity index (χ1v) is 11.3. The lowest BCUT2D eigenvalue weighted by Crippen LogP contribution is -2.32. The molecule has 0 saturated carbocycles. The van der Waals surface area contributed by atoms with Gasteiger partial charge in [-0.2, -0.15) is 0 Å². The predicted octanol–water partition coefficient (Wildman–Crippen LogP) is 0.455. The van der Waals surface area contributed by atoms with Crippen molar-refractivity contribution in [1.82, 2.24) is 19.5 Å². The SMILES string of the molecule is C=P(C)(C)CC[C@H]1OC(n2c(C)nc3c(=O)[nH]c(C)nc32)[C@H](O)[C@@H]1O. The Morgan fingerprint density at radius 2 is 1.96 bits per heavy atom. The van der Waals surface area contributed by atoms with Crippen LogP contribution in [0.2, 0.25) is 0 Å². The number of H-pyrrole nitrogens is 1. The summed E-state index contributed by atoms with van der Waals surface area (Å²) in [5.74, 6) is 0.951. The number of ether oxygens (including phenoxy) is 1. The molecule has 3 N–H and O–H groups in total. The molecule has 1 unspecified atom stereocenters. The van der Waals surface area contributed by atoms with Crippen LogP contribution in [0.1, 0.15) is 24.3 Å². The Labute approximate surface area is 145 Å². The topological polar surface area (TPSA) is 113 Å². The van der Waals surface area contributed by atoms with Crippen LogP contribution in [-0.4, -0.2) is 73.8 Å². The molecule has 9 heteroatoms. The Balaban J connectivity index is 1.97. The fraction of sp³-hybridized carbons (Fsp3) is 0.625. The van der Waals surface area contributed by atoms with Gasteiger partial charge in [-0.25, -0.2) is 9.97 Å². The fourth-order valence-corrected chi connectivity index (χ4v) is 4.12. The van der Waals surface area contributed by atoms with Gasteiger partial charge in [0, 0.05) is 0 Å². The van der Waals surface area contributed by atoms with Crippen LogP contribution >= 0.6 is 6.89 Å². The molecule has 0 amide bonds. The molecular formula is C16H25N4O4P. The van der Waals surface area contributed by atoms with Gasteiger partial charge in [0.25, 0.3) is 5.56 Å². The zero-order chi connectivity index (χ0) is 18.5. The van der Waals surface area contributed by atoms with E-state index in [0.29, 0.717) is 23.7 Å². The van der Waals surface area contributed by atoms with Crippen LogP contribution in [-0.2, 0) is 4.74 Å². The molecule has 8 nitrogen and oxygen atoms in total. The van der Waals surface area contributed by atoms with Crippen molar-refractivity contribution in [2.75, 3.05) is 19.5 Å². The molecule has 1 saturated heterocycles. The molecule has 0 aliphatic carbocycles. The number of aliphatic hydroxyl groups excluding tert-OH is 2. The summed E-state index contributed by atoms with van der Waals surface area (Å²) in [4.78, 5) is 23.3. The molecule has 3 rings (SSSR count). The van der Waals surface area contributed by atoms with E-state index in [9.17, 15) is 15.0 Å². The van der Waals surface area contributed by atoms with Crippen LogP contribution in [0, 0.1) is 13.8 Å². The van der Waals surface area contributed by atoms with Crippen molar-refractivity contribution in [2.24, 2.45) is 0 Å². The van der Waals surface area contributed by atoms with E-state index in [1.54, 1.807) is 18.4 Å². The van der Waals surface area contributed by atoms with Gasteiger partial charge in [-0.15, -0.1) is 13.2 Å². The van der Waals surface area contributed by atoms with Crippen LogP contribution in [0.25, 0.3) is 11.2 Å². The molecule has 1 fully saturated rings. The number of hydrogen-bond acceptors (Lipinski definition) is 6. The lowest BCUT2D eigenvalue weighted by atomic mass is 10.1. The molecule has 138 valence electrons. The summed E-state index contributed by atoms with van der Waals surface area (Å²) in [6, 6.07) is 0. The summed E-state index contributed by atoms with van der Waals surface area (Å²) in [7, 11) is 0. The maximum Gasteiger partial charge on any atom is 0.279 e. The maximum absolute atomic E-state index is 12.1. The number of aliphatic hydroxyl groups is 2. The minimum Gasteiger partial charge on any atom is -0.388 e. The molecule has 1 aliphatic rings. The summed E-state index contributed by atoms with van der Waals surface area (Å²) in [5, 5.41) is 20.9. The standard InChI is InChI=1S/C16H25N4O4P/c1-8-17-14-11(15(23)18-8)19-9(2)20(14)16-13(22)12(21)10(24-16)6-7-25(3,4)5/h10,12-13,16,21-22H,3,6-7H2,1-2,4-5H3,(H,17,18,23)/t10-,12-,13-,16?/m1/s1. The number of aryl methyl sites for hydroxylation is 2. The quantitative estimate of drug-likeness (QED) is 0.676. The first-order chi connectivity index (χ1) is 11.6. The molecule has 1 aliphatic heterocycles. The first-order valence-electron chi connectivity index (χ1n) is 8.23. The number of rotatable bonds is 4. The number of aromatic nitrogens is 4. The van der Waals surface area contributed by atoms with Gasteiger partial charge in [-0.05, 0) is 39.8 Å². The van der Waals surface area contributed by atoms with Gasteiger partial charge in [0.15, 0.2) is 17.4 Å². The average Bonchev–Trinajstić information content (AvgIpc) is 2.95. The molecule has 2 aromatic rings. The highest BCUT2D eigenvalue weighted by atomic mass is 31.2. The van der Waals surface area contributed by atoms with Crippen molar-refractivity contribution in [1.29, 1.82) is 0 Å². The minimum atomic E-state index is -1.26. The van der Waals surface area contributed by atoms with Crippen molar-refractivity contribution >= 4 is 24.3 Å². The zero-order valence-electron chi connectivity index (χ0n) is 14.9. The van der Waals surface area contributed by atoms with E-state index >= 15 is 0 Å². The Kier molecular flexibility index (Phi) is 4.66. The molecule has 0 bridgehead atoms. The third-order valence-corrected chi connectivity index (χ3v) is 5.92. The second kappa shape index (κ2) is 6.36. The molecule has 3 heterocycles. The smallest absolute Gasteiger partial charge is 0.279 e. The third-order valence-electron chi connectivity index (χ3n) is 4.46. The molecule has 2 aromatic heterocycles. The molecular weight excluding hydrogens is 343 g/mol. The average molecular weight is 368 g/mol. The van der Waals surface area contributed by atoms with E-state index in [1.165, 1.54) is 0 Å². The highest BCUT2D eigenvalue weighted by molar-refractivity contribution is 7.72. The van der Waals surface area contributed by atoms with Crippen molar-refractivity contribution in [3.8, 4) is 0 Å². The van der Waals surface area contributed by atoms with E-state index in [-0.39, 0.29) is 11.1 Å². The summed E-state index contributed by atoms with van der Waals surface area (Å²) < 4.78 is 7.55. The molecule has 0 spiro atoms. The summed E-state index contributed by atoms with van der Waals surface area (Å²) in [6.45, 7) is 6.38. The molecule has 25 heavy (non-hydrogen) atoms. The summed E-state index contributed by atoms with van der Waals surface area (Å²) in [5.41, 5.74) is 0.208. The van der Waals surface area contributed by atoms with Crippen LogP contribution in [0.15, 0.2) is 4.79 Å². The number of nitrogens with zero attached hydrogens (tertiary/aromatic N) is 3. The van der Waals surface area contributed by atoms with Gasteiger partial charge >= 0.3 is 0 Å². The van der Waals surface area contributed by atoms with Gasteiger partial charge in [-0.3, -0.25) is 9.36 Å². The Bertz CT molecular complexity index is 899. The lowest BCUT2D eigenvalue weighted by Gasteiger charge is -2.19. The molecule has 4 atom stereocenters. The van der Waals surface area contributed by atoms with Crippen LogP contribution < -0.4 is 5.56 Å². The van der Waals surface area contributed by atoms with Crippen molar-refractivity contribution in [3.05, 3.63) is 22.0 Å². The van der Waals surface area contributed by atoms with E-state index in [0.717, 1.165) is 6.16 Å². The number of fused-ring (bicyclic) bond motifs is 1. The first kappa shape index (κ1) is 18.3. The van der Waals surface area contributed by atoms with Crippen LogP contribution in [0.3, 0.4) is 0 Å². The van der Waals surface area contributed by atoms with E-state index in [2.05, 4.69) is 34.6 Å². The van der Waals surface area contributed by atoms with Gasteiger partial charge in [0.1, 0.15) is 23.9 Å². The van der Waals surface area contributed by atoms with Gasteiger partial charge in [0.05, 0.1) is 6.10 Å². The van der Waals surface area contributed by atoms with Gasteiger partial charge in [0.2, 0.25) is 0 Å². The normalized spacial score (nSPS) is 27.3. The summed E-state index contributed by atoms with van der Waals surface area (Å²) >= 11 is 0. The second-order valence-corrected chi connectivity index (χ2v) is 11.7. The second-order valence-electron chi connectivity index (χ2n) is 7.35. The number of hydrogen-bond donors (Lipinski definition) is 3. The Morgan fingerprint density at radius 3 is 2.60 bits per heavy atom.